The molecule has 25 heavy (non-hydrogen) atoms. The molecule has 3 rings (SSSR count). The summed E-state index contributed by atoms with van der Waals surface area (Å²) in [6.45, 7) is 6.81. The molecular formula is C19H22ClN3O2. The summed E-state index contributed by atoms with van der Waals surface area (Å²) in [4.78, 5) is 18.8. The highest BCUT2D eigenvalue weighted by molar-refractivity contribution is 5.95. The van der Waals surface area contributed by atoms with Crippen LogP contribution >= 0.6 is 12.4 Å². The SMILES string of the molecule is CCc1cccc(C)c1CNc1cc(C(=O)O)nc2cc(C)[nH]c12.Cl. The maximum Gasteiger partial charge on any atom is 0.354 e. The van der Waals surface area contributed by atoms with Crippen molar-refractivity contribution in [3.8, 4) is 0 Å². The fourth-order valence-corrected chi connectivity index (χ4v) is 3.02. The van der Waals surface area contributed by atoms with Gasteiger partial charge in [0.05, 0.1) is 16.7 Å². The molecule has 0 atom stereocenters. The number of carboxylic acid groups (broad SMARTS) is 1. The standard InChI is InChI=1S/C19H21N3O2.ClH/c1-4-13-7-5-6-11(2)14(13)10-20-15-9-17(19(23)24)22-16-8-12(3)21-18(15)16;/h5-9,21H,4,10H2,1-3H3,(H,20,22)(H,23,24);1H. The second kappa shape index (κ2) is 7.57. The highest BCUT2D eigenvalue weighted by atomic mass is 35.5. The summed E-state index contributed by atoms with van der Waals surface area (Å²) in [7, 11) is 0. The lowest BCUT2D eigenvalue weighted by molar-refractivity contribution is 0.0691. The third-order valence-corrected chi connectivity index (χ3v) is 4.29. The molecule has 0 fully saturated rings. The first-order valence-electron chi connectivity index (χ1n) is 8.04. The second-order valence-corrected chi connectivity index (χ2v) is 5.99. The zero-order chi connectivity index (χ0) is 17.3. The van der Waals surface area contributed by atoms with E-state index in [1.165, 1.54) is 16.7 Å². The van der Waals surface area contributed by atoms with Crippen LogP contribution in [-0.2, 0) is 13.0 Å². The lowest BCUT2D eigenvalue weighted by Crippen LogP contribution is -2.07. The number of aromatic carboxylic acids is 1. The lowest BCUT2D eigenvalue weighted by Gasteiger charge is -2.14. The van der Waals surface area contributed by atoms with E-state index in [1.54, 1.807) is 6.07 Å². The number of nitrogens with zero attached hydrogens (tertiary/aromatic N) is 1. The van der Waals surface area contributed by atoms with Gasteiger partial charge in [-0.15, -0.1) is 12.4 Å². The number of halogens is 1. The van der Waals surface area contributed by atoms with Gasteiger partial charge in [-0.3, -0.25) is 0 Å². The van der Waals surface area contributed by atoms with Crippen LogP contribution in [0.25, 0.3) is 11.0 Å². The Labute approximate surface area is 152 Å². The number of hydrogen-bond donors (Lipinski definition) is 3. The van der Waals surface area contributed by atoms with Crippen molar-refractivity contribution >= 4 is 35.1 Å². The molecule has 2 heterocycles. The smallest absolute Gasteiger partial charge is 0.354 e. The number of aromatic amines is 1. The minimum Gasteiger partial charge on any atom is -0.477 e. The maximum absolute atomic E-state index is 11.3. The van der Waals surface area contributed by atoms with Crippen LogP contribution in [0.4, 0.5) is 5.69 Å². The maximum atomic E-state index is 11.3. The van der Waals surface area contributed by atoms with E-state index in [4.69, 9.17) is 0 Å². The Bertz CT molecular complexity index is 918. The molecule has 0 bridgehead atoms. The van der Waals surface area contributed by atoms with Gasteiger partial charge in [-0.2, -0.15) is 0 Å². The Morgan fingerprint density at radius 1 is 1.28 bits per heavy atom. The van der Waals surface area contributed by atoms with E-state index in [2.05, 4.69) is 47.3 Å². The van der Waals surface area contributed by atoms with E-state index in [9.17, 15) is 9.90 Å². The Kier molecular flexibility index (Phi) is 5.69. The molecule has 0 radical (unpaired) electrons. The Morgan fingerprint density at radius 2 is 2.04 bits per heavy atom. The van der Waals surface area contributed by atoms with Gasteiger partial charge in [-0.05, 0) is 49.1 Å². The third kappa shape index (κ3) is 3.77. The summed E-state index contributed by atoms with van der Waals surface area (Å²) >= 11 is 0. The summed E-state index contributed by atoms with van der Waals surface area (Å²) in [6, 6.07) is 9.75. The third-order valence-electron chi connectivity index (χ3n) is 4.29. The fourth-order valence-electron chi connectivity index (χ4n) is 3.02. The minimum absolute atomic E-state index is 0. The van der Waals surface area contributed by atoms with Crippen LogP contribution in [0, 0.1) is 13.8 Å². The molecule has 0 amide bonds. The van der Waals surface area contributed by atoms with Crippen LogP contribution in [0.5, 0.6) is 0 Å². The molecule has 0 aliphatic carbocycles. The van der Waals surface area contributed by atoms with E-state index in [0.717, 1.165) is 23.3 Å². The zero-order valence-electron chi connectivity index (χ0n) is 14.5. The van der Waals surface area contributed by atoms with Crippen molar-refractivity contribution in [3.05, 3.63) is 58.4 Å². The van der Waals surface area contributed by atoms with Crippen molar-refractivity contribution < 1.29 is 9.90 Å². The van der Waals surface area contributed by atoms with E-state index < -0.39 is 5.97 Å². The fraction of sp³-hybridized carbons (Fsp3) is 0.263. The van der Waals surface area contributed by atoms with Gasteiger partial charge >= 0.3 is 5.97 Å². The number of fused-ring (bicyclic) bond motifs is 1. The van der Waals surface area contributed by atoms with Crippen LogP contribution in [0.2, 0.25) is 0 Å². The van der Waals surface area contributed by atoms with Crippen molar-refractivity contribution in [2.24, 2.45) is 0 Å². The summed E-state index contributed by atoms with van der Waals surface area (Å²) in [5.41, 5.74) is 7.04. The number of carboxylic acids is 1. The molecule has 6 heteroatoms. The van der Waals surface area contributed by atoms with Gasteiger partial charge in [-0.25, -0.2) is 9.78 Å². The van der Waals surface area contributed by atoms with Gasteiger partial charge in [0.1, 0.15) is 0 Å². The molecule has 2 aromatic heterocycles. The topological polar surface area (TPSA) is 78.0 Å². The zero-order valence-corrected chi connectivity index (χ0v) is 15.3. The molecule has 1 aromatic carbocycles. The summed E-state index contributed by atoms with van der Waals surface area (Å²) in [5.74, 6) is -1.02. The van der Waals surface area contributed by atoms with Crippen LogP contribution in [0.1, 0.15) is 39.8 Å². The quantitative estimate of drug-likeness (QED) is 0.627. The monoisotopic (exact) mass is 359 g/mol. The average molecular weight is 360 g/mol. The average Bonchev–Trinajstić information content (AvgIpc) is 2.93. The highest BCUT2D eigenvalue weighted by Crippen LogP contribution is 2.25. The predicted molar refractivity (Wildman–Crippen MR) is 103 cm³/mol. The first-order chi connectivity index (χ1) is 11.5. The molecular weight excluding hydrogens is 338 g/mol. The van der Waals surface area contributed by atoms with Crippen LogP contribution in [0.3, 0.4) is 0 Å². The number of pyridine rings is 1. The number of hydrogen-bond acceptors (Lipinski definition) is 3. The second-order valence-electron chi connectivity index (χ2n) is 5.99. The van der Waals surface area contributed by atoms with Gasteiger partial charge < -0.3 is 15.4 Å². The largest absolute Gasteiger partial charge is 0.477 e. The van der Waals surface area contributed by atoms with E-state index in [0.29, 0.717) is 12.1 Å². The van der Waals surface area contributed by atoms with E-state index >= 15 is 0 Å². The molecule has 5 nitrogen and oxygen atoms in total. The summed E-state index contributed by atoms with van der Waals surface area (Å²) in [5, 5.41) is 12.7. The molecule has 0 unspecified atom stereocenters. The van der Waals surface area contributed by atoms with Crippen molar-refractivity contribution in [2.45, 2.75) is 33.7 Å². The van der Waals surface area contributed by atoms with Crippen molar-refractivity contribution in [3.63, 3.8) is 0 Å². The Balaban J connectivity index is 0.00000225. The van der Waals surface area contributed by atoms with Crippen LogP contribution in [-0.4, -0.2) is 21.0 Å². The number of rotatable bonds is 5. The van der Waals surface area contributed by atoms with Crippen molar-refractivity contribution in [1.82, 2.24) is 9.97 Å². The van der Waals surface area contributed by atoms with Crippen molar-refractivity contribution in [1.29, 1.82) is 0 Å². The molecule has 0 spiro atoms. The number of nitrogens with one attached hydrogen (secondary N) is 2. The molecule has 132 valence electrons. The molecule has 0 aliphatic rings. The van der Waals surface area contributed by atoms with Gasteiger partial charge in [0, 0.05) is 12.2 Å². The summed E-state index contributed by atoms with van der Waals surface area (Å²) in [6.07, 6.45) is 0.965. The molecule has 3 aromatic rings. The van der Waals surface area contributed by atoms with Gasteiger partial charge in [0.2, 0.25) is 0 Å². The van der Waals surface area contributed by atoms with E-state index in [-0.39, 0.29) is 18.1 Å². The van der Waals surface area contributed by atoms with Crippen molar-refractivity contribution in [2.75, 3.05) is 5.32 Å². The number of H-pyrrole nitrogens is 1. The van der Waals surface area contributed by atoms with Gasteiger partial charge in [0.15, 0.2) is 5.69 Å². The highest BCUT2D eigenvalue weighted by Gasteiger charge is 2.13. The first-order valence-corrected chi connectivity index (χ1v) is 8.04. The number of carbonyl (C=O) groups is 1. The predicted octanol–water partition coefficient (Wildman–Crippen LogP) is 4.47. The van der Waals surface area contributed by atoms with Gasteiger partial charge in [0.25, 0.3) is 0 Å². The number of anilines is 1. The number of benzene rings is 1. The Hall–Kier alpha value is -2.53. The van der Waals surface area contributed by atoms with Crippen LogP contribution < -0.4 is 5.32 Å². The molecule has 0 aliphatic heterocycles. The first kappa shape index (κ1) is 18.8. The Morgan fingerprint density at radius 3 is 2.72 bits per heavy atom. The molecule has 0 saturated carbocycles. The molecule has 3 N–H and O–H groups in total. The van der Waals surface area contributed by atoms with Gasteiger partial charge in [-0.1, -0.05) is 25.1 Å². The normalized spacial score (nSPS) is 10.5. The molecule has 0 saturated heterocycles. The van der Waals surface area contributed by atoms with Crippen LogP contribution in [0.15, 0.2) is 30.3 Å². The van der Waals surface area contributed by atoms with E-state index in [1.807, 2.05) is 13.0 Å². The number of aromatic nitrogens is 2. The minimum atomic E-state index is -1.02. The number of aryl methyl sites for hydroxylation is 3. The summed E-state index contributed by atoms with van der Waals surface area (Å²) < 4.78 is 0. The lowest BCUT2D eigenvalue weighted by atomic mass is 10.00.